The number of nitrogens with zero attached hydrogens (tertiary/aromatic N) is 1. The number of hydrogen-bond acceptors (Lipinski definition) is 4. The van der Waals surface area contributed by atoms with E-state index in [1.807, 2.05) is 38.1 Å². The Morgan fingerprint density at radius 1 is 1.29 bits per heavy atom. The van der Waals surface area contributed by atoms with Gasteiger partial charge in [0, 0.05) is 19.5 Å². The molecule has 0 aliphatic carbocycles. The van der Waals surface area contributed by atoms with Crippen LogP contribution in [0.25, 0.3) is 11.1 Å². The topological polar surface area (TPSA) is 67.2 Å². The number of amides is 1. The Morgan fingerprint density at radius 3 is 2.67 bits per heavy atom. The minimum atomic E-state index is -0.348. The van der Waals surface area contributed by atoms with Gasteiger partial charge in [0.05, 0.1) is 10.9 Å². The number of fused-ring (bicyclic) bond motifs is 1. The molecule has 1 aromatic heterocycles. The van der Waals surface area contributed by atoms with Crippen LogP contribution in [0.15, 0.2) is 28.7 Å². The summed E-state index contributed by atoms with van der Waals surface area (Å²) < 4.78 is 5.76. The number of aromatic nitrogens is 1. The molecule has 0 spiro atoms. The lowest BCUT2D eigenvalue weighted by atomic mass is 10.0. The van der Waals surface area contributed by atoms with Gasteiger partial charge in [0.15, 0.2) is 5.58 Å². The van der Waals surface area contributed by atoms with Crippen LogP contribution < -0.4 is 10.6 Å². The lowest BCUT2D eigenvalue weighted by Gasteiger charge is -2.15. The first kappa shape index (κ1) is 15.4. The minimum Gasteiger partial charge on any atom is -0.440 e. The van der Waals surface area contributed by atoms with Crippen molar-refractivity contribution in [2.24, 2.45) is 0 Å². The Balaban J connectivity index is 2.28. The van der Waals surface area contributed by atoms with Gasteiger partial charge in [-0.15, -0.1) is 0 Å². The normalized spacial score (nSPS) is 12.1. The highest BCUT2D eigenvalue weighted by Crippen LogP contribution is 2.24. The highest BCUT2D eigenvalue weighted by Gasteiger charge is 2.25. The van der Waals surface area contributed by atoms with E-state index in [4.69, 9.17) is 16.6 Å². The molecule has 6 heteroatoms. The van der Waals surface area contributed by atoms with Gasteiger partial charge in [0.1, 0.15) is 5.52 Å². The molecule has 0 saturated heterocycles. The molecule has 0 radical (unpaired) electrons. The van der Waals surface area contributed by atoms with Gasteiger partial charge in [-0.25, -0.2) is 4.98 Å². The number of nitrogens with one attached hydrogen (secondary N) is 2. The fourth-order valence-electron chi connectivity index (χ4n) is 2.08. The Kier molecular flexibility index (Phi) is 5.27. The van der Waals surface area contributed by atoms with E-state index >= 15 is 0 Å². The Hall–Kier alpha value is -1.95. The molecular formula is C15H19N3O2S. The molecule has 2 aromatic rings. The first-order valence-corrected chi connectivity index (χ1v) is 7.46. The van der Waals surface area contributed by atoms with Crippen LogP contribution >= 0.6 is 12.2 Å². The maximum atomic E-state index is 11.9. The third-order valence-electron chi connectivity index (χ3n) is 3.04. The smallest absolute Gasteiger partial charge is 0.221 e. The summed E-state index contributed by atoms with van der Waals surface area (Å²) in [6, 6.07) is 7.52. The van der Waals surface area contributed by atoms with Crippen LogP contribution in [0.5, 0.6) is 0 Å². The molecule has 0 fully saturated rings. The average Bonchev–Trinajstić information content (AvgIpc) is 2.88. The number of oxazole rings is 1. The largest absolute Gasteiger partial charge is 0.440 e. The molecule has 1 heterocycles. The zero-order chi connectivity index (χ0) is 15.2. The van der Waals surface area contributed by atoms with E-state index in [1.54, 1.807) is 0 Å². The second-order valence-electron chi connectivity index (χ2n) is 4.62. The van der Waals surface area contributed by atoms with E-state index in [0.717, 1.165) is 5.52 Å². The average molecular weight is 305 g/mol. The summed E-state index contributed by atoms with van der Waals surface area (Å²) in [6.45, 7) is 5.13. The zero-order valence-electron chi connectivity index (χ0n) is 12.2. The highest BCUT2D eigenvalue weighted by molar-refractivity contribution is 7.80. The Bertz CT molecular complexity index is 606. The van der Waals surface area contributed by atoms with Gasteiger partial charge in [-0.05, 0) is 26.0 Å². The summed E-state index contributed by atoms with van der Waals surface area (Å²) in [5.41, 5.74) is 1.47. The second kappa shape index (κ2) is 7.17. The van der Waals surface area contributed by atoms with Crippen molar-refractivity contribution in [1.29, 1.82) is 0 Å². The van der Waals surface area contributed by atoms with Crippen LogP contribution in [0.4, 0.5) is 0 Å². The van der Waals surface area contributed by atoms with Crippen LogP contribution in [-0.2, 0) is 4.79 Å². The van der Waals surface area contributed by atoms with Crippen molar-refractivity contribution in [1.82, 2.24) is 15.6 Å². The summed E-state index contributed by atoms with van der Waals surface area (Å²) >= 11 is 5.37. The molecule has 2 N–H and O–H groups in total. The summed E-state index contributed by atoms with van der Waals surface area (Å²) in [7, 11) is 0. The van der Waals surface area contributed by atoms with Gasteiger partial charge in [0.2, 0.25) is 11.8 Å². The number of benzene rings is 1. The third kappa shape index (κ3) is 3.78. The summed E-state index contributed by atoms with van der Waals surface area (Å²) in [4.78, 5) is 16.9. The van der Waals surface area contributed by atoms with Gasteiger partial charge in [-0.1, -0.05) is 24.4 Å². The minimum absolute atomic E-state index is 0.0648. The van der Waals surface area contributed by atoms with Gasteiger partial charge >= 0.3 is 0 Å². The lowest BCUT2D eigenvalue weighted by molar-refractivity contribution is -0.121. The van der Waals surface area contributed by atoms with E-state index in [9.17, 15) is 4.79 Å². The molecule has 21 heavy (non-hydrogen) atoms. The number of hydrogen-bond donors (Lipinski definition) is 2. The van der Waals surface area contributed by atoms with Crippen LogP contribution in [0.1, 0.15) is 32.1 Å². The Morgan fingerprint density at radius 2 is 2.00 bits per heavy atom. The van der Waals surface area contributed by atoms with Crippen LogP contribution in [0.2, 0.25) is 0 Å². The predicted octanol–water partition coefficient (Wildman–Crippen LogP) is 2.37. The van der Waals surface area contributed by atoms with Crippen molar-refractivity contribution < 1.29 is 9.21 Å². The Labute approximate surface area is 129 Å². The molecular weight excluding hydrogens is 286 g/mol. The summed E-state index contributed by atoms with van der Waals surface area (Å²) in [5.74, 6) is 0.0670. The number of carbonyl (C=O) groups is 1. The van der Waals surface area contributed by atoms with E-state index in [1.165, 1.54) is 0 Å². The maximum Gasteiger partial charge on any atom is 0.221 e. The molecule has 0 saturated carbocycles. The van der Waals surface area contributed by atoms with Crippen molar-refractivity contribution in [2.75, 3.05) is 13.1 Å². The molecule has 1 amide bonds. The van der Waals surface area contributed by atoms with Crippen molar-refractivity contribution in [3.8, 4) is 0 Å². The first-order valence-electron chi connectivity index (χ1n) is 7.05. The molecule has 112 valence electrons. The molecule has 1 unspecified atom stereocenters. The molecule has 5 nitrogen and oxygen atoms in total. The maximum absolute atomic E-state index is 11.9. The fraction of sp³-hybridized carbons (Fsp3) is 0.400. The molecule has 0 aliphatic heterocycles. The van der Waals surface area contributed by atoms with Crippen molar-refractivity contribution >= 4 is 34.2 Å². The number of para-hydroxylation sites is 2. The van der Waals surface area contributed by atoms with Gasteiger partial charge < -0.3 is 15.1 Å². The van der Waals surface area contributed by atoms with E-state index in [-0.39, 0.29) is 18.2 Å². The number of carbonyl (C=O) groups excluding carboxylic acids is 1. The SMILES string of the molecule is CCNC(=O)CC(C(=S)NCC)c1nc2ccccc2o1. The monoisotopic (exact) mass is 305 g/mol. The van der Waals surface area contributed by atoms with Crippen LogP contribution in [0, 0.1) is 0 Å². The zero-order valence-corrected chi connectivity index (χ0v) is 13.0. The van der Waals surface area contributed by atoms with Gasteiger partial charge in [-0.2, -0.15) is 0 Å². The summed E-state index contributed by atoms with van der Waals surface area (Å²) in [5, 5.41) is 5.87. The van der Waals surface area contributed by atoms with Gasteiger partial charge in [-0.3, -0.25) is 4.79 Å². The molecule has 1 atom stereocenters. The fourth-order valence-corrected chi connectivity index (χ4v) is 2.41. The predicted molar refractivity (Wildman–Crippen MR) is 86.3 cm³/mol. The lowest BCUT2D eigenvalue weighted by Crippen LogP contribution is -2.32. The number of thiocarbonyl (C=S) groups is 1. The van der Waals surface area contributed by atoms with E-state index in [2.05, 4.69) is 15.6 Å². The second-order valence-corrected chi connectivity index (χ2v) is 5.06. The highest BCUT2D eigenvalue weighted by atomic mass is 32.1. The summed E-state index contributed by atoms with van der Waals surface area (Å²) in [6.07, 6.45) is 0.229. The van der Waals surface area contributed by atoms with Crippen molar-refractivity contribution in [3.63, 3.8) is 0 Å². The molecule has 1 aromatic carbocycles. The van der Waals surface area contributed by atoms with E-state index in [0.29, 0.717) is 29.6 Å². The van der Waals surface area contributed by atoms with Crippen molar-refractivity contribution in [2.45, 2.75) is 26.2 Å². The number of likely N-dealkylation sites (N-methyl/N-ethyl adjacent to an activating group) is 1. The molecule has 2 rings (SSSR count). The number of rotatable bonds is 6. The third-order valence-corrected chi connectivity index (χ3v) is 3.47. The molecule has 0 aliphatic rings. The van der Waals surface area contributed by atoms with E-state index < -0.39 is 0 Å². The quantitative estimate of drug-likeness (QED) is 0.802. The first-order chi connectivity index (χ1) is 10.2. The van der Waals surface area contributed by atoms with Crippen LogP contribution in [-0.4, -0.2) is 29.0 Å². The molecule has 0 bridgehead atoms. The van der Waals surface area contributed by atoms with Crippen LogP contribution in [0.3, 0.4) is 0 Å². The van der Waals surface area contributed by atoms with Gasteiger partial charge in [0.25, 0.3) is 0 Å². The van der Waals surface area contributed by atoms with Crippen molar-refractivity contribution in [3.05, 3.63) is 30.2 Å². The standard InChI is InChI=1S/C15H19N3O2S/c1-3-16-13(19)9-10(15(21)17-4-2)14-18-11-7-5-6-8-12(11)20-14/h5-8,10H,3-4,9H2,1-2H3,(H,16,19)(H,17,21).